The molecule has 2 aromatic carbocycles. The third kappa shape index (κ3) is 6.11. The van der Waals surface area contributed by atoms with Gasteiger partial charge in [-0.2, -0.15) is 21.6 Å². The van der Waals surface area contributed by atoms with Gasteiger partial charge in [0.15, 0.2) is 0 Å². The van der Waals surface area contributed by atoms with E-state index < -0.39 is 33.3 Å². The molecule has 0 spiro atoms. The molecule has 158 valence electrons. The lowest BCUT2D eigenvalue weighted by Gasteiger charge is -2.26. The summed E-state index contributed by atoms with van der Waals surface area (Å²) in [5.74, 6) is 0. The highest BCUT2D eigenvalue weighted by Gasteiger charge is 2.46. The molecule has 0 fully saturated rings. The third-order valence-corrected chi connectivity index (χ3v) is 4.71. The molecule has 6 nitrogen and oxygen atoms in total. The number of nitrogens with one attached hydrogen (secondary N) is 2. The lowest BCUT2D eigenvalue weighted by Crippen LogP contribution is -2.36. The molecule has 0 aliphatic carbocycles. The summed E-state index contributed by atoms with van der Waals surface area (Å²) in [5.41, 5.74) is -5.95. The second-order valence-corrected chi connectivity index (χ2v) is 8.80. The molecule has 0 aliphatic rings. The summed E-state index contributed by atoms with van der Waals surface area (Å²) in [4.78, 5) is 12.3. The number of halogens is 3. The number of amides is 1. The summed E-state index contributed by atoms with van der Waals surface area (Å²) in [6, 6.07) is 12.9. The molecule has 0 heterocycles. The molecule has 0 unspecified atom stereocenters. The van der Waals surface area contributed by atoms with Gasteiger partial charge < -0.3 is 10.1 Å². The molecule has 29 heavy (non-hydrogen) atoms. The van der Waals surface area contributed by atoms with Crippen molar-refractivity contribution in [2.75, 3.05) is 4.72 Å². The highest BCUT2D eigenvalue weighted by Crippen LogP contribution is 2.32. The van der Waals surface area contributed by atoms with Crippen molar-refractivity contribution in [1.29, 1.82) is 0 Å². The summed E-state index contributed by atoms with van der Waals surface area (Å²) in [7, 11) is -5.64. The molecule has 0 bridgehead atoms. The van der Waals surface area contributed by atoms with Gasteiger partial charge in [-0.05, 0) is 32.4 Å². The summed E-state index contributed by atoms with van der Waals surface area (Å²) < 4.78 is 68.5. The summed E-state index contributed by atoms with van der Waals surface area (Å²) in [6.07, 6.45) is -0.806. The zero-order chi connectivity index (χ0) is 21.9. The van der Waals surface area contributed by atoms with E-state index in [4.69, 9.17) is 4.74 Å². The van der Waals surface area contributed by atoms with Crippen LogP contribution in [0, 0.1) is 0 Å². The summed E-state index contributed by atoms with van der Waals surface area (Å²) >= 11 is 0. The second-order valence-electron chi connectivity index (χ2n) is 7.13. The number of ether oxygens (including phenoxy) is 1. The van der Waals surface area contributed by atoms with Crippen molar-refractivity contribution in [2.45, 2.75) is 37.9 Å². The Morgan fingerprint density at radius 1 is 0.966 bits per heavy atom. The molecule has 0 saturated heterocycles. The van der Waals surface area contributed by atoms with Crippen LogP contribution in [-0.2, 0) is 14.8 Å². The van der Waals surface area contributed by atoms with E-state index in [1.807, 2.05) is 0 Å². The number of benzene rings is 2. The Morgan fingerprint density at radius 2 is 1.52 bits per heavy atom. The van der Waals surface area contributed by atoms with E-state index >= 15 is 0 Å². The molecule has 0 aliphatic heterocycles. The number of hydrogen-bond acceptors (Lipinski definition) is 4. The van der Waals surface area contributed by atoms with Gasteiger partial charge in [0.1, 0.15) is 5.60 Å². The maximum Gasteiger partial charge on any atom is 0.516 e. The number of para-hydroxylation sites is 1. The highest BCUT2D eigenvalue weighted by atomic mass is 32.2. The van der Waals surface area contributed by atoms with Crippen LogP contribution in [0.5, 0.6) is 0 Å². The monoisotopic (exact) mass is 430 g/mol. The van der Waals surface area contributed by atoms with Gasteiger partial charge in [-0.1, -0.05) is 48.5 Å². The number of rotatable bonds is 5. The maximum absolute atomic E-state index is 12.8. The first-order chi connectivity index (χ1) is 13.3. The molecule has 0 radical (unpaired) electrons. The van der Waals surface area contributed by atoms with Gasteiger partial charge in [-0.3, -0.25) is 4.72 Å². The van der Waals surface area contributed by atoms with Crippen molar-refractivity contribution < 1.29 is 31.1 Å². The van der Waals surface area contributed by atoms with E-state index in [-0.39, 0.29) is 11.3 Å². The van der Waals surface area contributed by atoms with Crippen LogP contribution in [0.15, 0.2) is 54.6 Å². The quantitative estimate of drug-likeness (QED) is 0.728. The first kappa shape index (κ1) is 22.5. The molecular weight excluding hydrogens is 409 g/mol. The van der Waals surface area contributed by atoms with Crippen LogP contribution in [0.25, 0.3) is 0 Å². The number of carbonyl (C=O) groups is 1. The fourth-order valence-corrected chi connectivity index (χ4v) is 3.05. The molecule has 0 aromatic heterocycles. The number of hydrogen-bond donors (Lipinski definition) is 2. The van der Waals surface area contributed by atoms with E-state index in [1.54, 1.807) is 55.8 Å². The number of carbonyl (C=O) groups excluding carboxylic acids is 1. The Hall–Kier alpha value is -2.75. The maximum atomic E-state index is 12.8. The molecule has 2 aromatic rings. The van der Waals surface area contributed by atoms with Crippen LogP contribution < -0.4 is 10.0 Å². The van der Waals surface area contributed by atoms with Crippen LogP contribution in [0.1, 0.15) is 37.9 Å². The fourth-order valence-electron chi connectivity index (χ4n) is 2.46. The van der Waals surface area contributed by atoms with Crippen molar-refractivity contribution in [1.82, 2.24) is 5.32 Å². The Bertz CT molecular complexity index is 955. The van der Waals surface area contributed by atoms with Gasteiger partial charge in [-0.15, -0.1) is 0 Å². The van der Waals surface area contributed by atoms with Crippen molar-refractivity contribution in [2.24, 2.45) is 0 Å². The first-order valence-electron chi connectivity index (χ1n) is 8.52. The SMILES string of the molecule is CC(C)(C)OC(=O)N[C@H](c1ccccc1)c1ccccc1NS(=O)(=O)C(F)(F)F. The minimum Gasteiger partial charge on any atom is -0.444 e. The minimum atomic E-state index is -5.64. The van der Waals surface area contributed by atoms with Gasteiger partial charge >= 0.3 is 21.6 Å². The van der Waals surface area contributed by atoms with Gasteiger partial charge in [0, 0.05) is 5.56 Å². The average Bonchev–Trinajstić information content (AvgIpc) is 2.58. The average molecular weight is 430 g/mol. The molecule has 10 heteroatoms. The lowest BCUT2D eigenvalue weighted by atomic mass is 9.97. The highest BCUT2D eigenvalue weighted by molar-refractivity contribution is 7.93. The number of anilines is 1. The minimum absolute atomic E-state index is 0.123. The molecular formula is C19H21F3N2O4S. The molecule has 1 atom stereocenters. The number of alkyl carbamates (subject to hydrolysis) is 1. The van der Waals surface area contributed by atoms with Crippen molar-refractivity contribution in [3.8, 4) is 0 Å². The smallest absolute Gasteiger partial charge is 0.444 e. The van der Waals surface area contributed by atoms with Crippen LogP contribution >= 0.6 is 0 Å². The predicted octanol–water partition coefficient (Wildman–Crippen LogP) is 4.56. The van der Waals surface area contributed by atoms with E-state index in [0.717, 1.165) is 0 Å². The van der Waals surface area contributed by atoms with Gasteiger partial charge in [0.05, 0.1) is 11.7 Å². The molecule has 2 rings (SSSR count). The number of sulfonamides is 1. The normalized spacial score (nSPS) is 13.4. The van der Waals surface area contributed by atoms with Gasteiger partial charge in [-0.25, -0.2) is 4.79 Å². The van der Waals surface area contributed by atoms with E-state index in [9.17, 15) is 26.4 Å². The summed E-state index contributed by atoms with van der Waals surface area (Å²) in [6.45, 7) is 4.99. The largest absolute Gasteiger partial charge is 0.516 e. The van der Waals surface area contributed by atoms with Crippen LogP contribution in [0.4, 0.5) is 23.7 Å². The zero-order valence-electron chi connectivity index (χ0n) is 15.9. The van der Waals surface area contributed by atoms with Gasteiger partial charge in [0.2, 0.25) is 0 Å². The van der Waals surface area contributed by atoms with Gasteiger partial charge in [0.25, 0.3) is 0 Å². The zero-order valence-corrected chi connectivity index (χ0v) is 16.8. The predicted molar refractivity (Wildman–Crippen MR) is 103 cm³/mol. The van der Waals surface area contributed by atoms with Crippen molar-refractivity contribution in [3.05, 3.63) is 65.7 Å². The van der Waals surface area contributed by atoms with Crippen LogP contribution in [0.3, 0.4) is 0 Å². The lowest BCUT2D eigenvalue weighted by molar-refractivity contribution is -0.0429. The number of alkyl halides is 3. The van der Waals surface area contributed by atoms with Crippen LogP contribution in [0.2, 0.25) is 0 Å². The molecule has 0 saturated carbocycles. The summed E-state index contributed by atoms with van der Waals surface area (Å²) in [5, 5.41) is 2.59. The Morgan fingerprint density at radius 3 is 2.07 bits per heavy atom. The molecule has 2 N–H and O–H groups in total. The van der Waals surface area contributed by atoms with E-state index in [1.165, 1.54) is 24.3 Å². The second kappa shape index (κ2) is 8.32. The Kier molecular flexibility index (Phi) is 6.46. The fraction of sp³-hybridized carbons (Fsp3) is 0.316. The molecule has 1 amide bonds. The first-order valence-corrected chi connectivity index (χ1v) is 10.0. The topological polar surface area (TPSA) is 84.5 Å². The third-order valence-electron chi connectivity index (χ3n) is 3.61. The van der Waals surface area contributed by atoms with Crippen LogP contribution in [-0.4, -0.2) is 25.6 Å². The Balaban J connectivity index is 2.48. The Labute approximate surface area is 167 Å². The van der Waals surface area contributed by atoms with E-state index in [2.05, 4.69) is 5.32 Å². The standard InChI is InChI=1S/C19H21F3N2O4S/c1-18(2,3)28-17(25)23-16(13-9-5-4-6-10-13)14-11-7-8-12-15(14)24-29(26,27)19(20,21)22/h4-12,16,24H,1-3H3,(H,23,25)/t16-/m1/s1. The van der Waals surface area contributed by atoms with E-state index in [0.29, 0.717) is 5.56 Å². The van der Waals surface area contributed by atoms with Crippen molar-refractivity contribution in [3.63, 3.8) is 0 Å². The van der Waals surface area contributed by atoms with Crippen molar-refractivity contribution >= 4 is 21.8 Å².